The van der Waals surface area contributed by atoms with Gasteiger partial charge in [0, 0.05) is 11.7 Å². The van der Waals surface area contributed by atoms with Crippen molar-refractivity contribution in [1.82, 2.24) is 0 Å². The van der Waals surface area contributed by atoms with Crippen LogP contribution < -0.4 is 10.1 Å². The Bertz CT molecular complexity index is 344. The van der Waals surface area contributed by atoms with E-state index >= 15 is 0 Å². The summed E-state index contributed by atoms with van der Waals surface area (Å²) in [5.41, 5.74) is 1.14. The van der Waals surface area contributed by atoms with Crippen molar-refractivity contribution in [2.24, 2.45) is 5.92 Å². The van der Waals surface area contributed by atoms with Gasteiger partial charge in [-0.1, -0.05) is 12.8 Å². The summed E-state index contributed by atoms with van der Waals surface area (Å²) < 4.78 is 5.34. The number of aliphatic hydroxyl groups is 1. The SMILES string of the molecule is CC(Nc1ccc(OCCO)cc1)C1CCCC1. The Hall–Kier alpha value is -1.22. The molecule has 3 heteroatoms. The zero-order valence-corrected chi connectivity index (χ0v) is 11.1. The van der Waals surface area contributed by atoms with Crippen LogP contribution in [-0.4, -0.2) is 24.4 Å². The lowest BCUT2D eigenvalue weighted by Gasteiger charge is -2.21. The van der Waals surface area contributed by atoms with E-state index in [9.17, 15) is 0 Å². The number of benzene rings is 1. The highest BCUT2D eigenvalue weighted by molar-refractivity contribution is 5.47. The van der Waals surface area contributed by atoms with Gasteiger partial charge in [0.1, 0.15) is 12.4 Å². The Kier molecular flexibility index (Phi) is 4.88. The van der Waals surface area contributed by atoms with E-state index < -0.39 is 0 Å². The quantitative estimate of drug-likeness (QED) is 0.814. The molecule has 1 saturated carbocycles. The lowest BCUT2D eigenvalue weighted by Crippen LogP contribution is -2.23. The molecule has 0 heterocycles. The normalized spacial score (nSPS) is 17.7. The van der Waals surface area contributed by atoms with Crippen molar-refractivity contribution in [2.45, 2.75) is 38.6 Å². The van der Waals surface area contributed by atoms with Crippen LogP contribution in [0.5, 0.6) is 5.75 Å². The molecule has 1 fully saturated rings. The second-order valence-electron chi connectivity index (χ2n) is 5.07. The molecule has 1 atom stereocenters. The molecule has 1 aromatic rings. The molecular weight excluding hydrogens is 226 g/mol. The highest BCUT2D eigenvalue weighted by Gasteiger charge is 2.21. The van der Waals surface area contributed by atoms with E-state index in [1.54, 1.807) is 0 Å². The van der Waals surface area contributed by atoms with Crippen LogP contribution in [0.2, 0.25) is 0 Å². The third kappa shape index (κ3) is 3.64. The first-order valence-electron chi connectivity index (χ1n) is 6.90. The number of nitrogens with one attached hydrogen (secondary N) is 1. The zero-order valence-electron chi connectivity index (χ0n) is 11.1. The molecule has 1 aliphatic rings. The van der Waals surface area contributed by atoms with Crippen LogP contribution >= 0.6 is 0 Å². The van der Waals surface area contributed by atoms with Gasteiger partial charge in [0.05, 0.1) is 6.61 Å². The fourth-order valence-corrected chi connectivity index (χ4v) is 2.65. The Morgan fingerprint density at radius 1 is 1.28 bits per heavy atom. The number of hydrogen-bond donors (Lipinski definition) is 2. The van der Waals surface area contributed by atoms with Crippen molar-refractivity contribution >= 4 is 5.69 Å². The van der Waals surface area contributed by atoms with Gasteiger partial charge in [-0.15, -0.1) is 0 Å². The smallest absolute Gasteiger partial charge is 0.119 e. The first-order chi connectivity index (χ1) is 8.79. The Labute approximate surface area is 109 Å². The maximum atomic E-state index is 8.69. The average Bonchev–Trinajstić information content (AvgIpc) is 2.92. The highest BCUT2D eigenvalue weighted by atomic mass is 16.5. The molecule has 1 aromatic carbocycles. The molecule has 0 aromatic heterocycles. The number of rotatable bonds is 6. The summed E-state index contributed by atoms with van der Waals surface area (Å²) in [6, 6.07) is 8.51. The van der Waals surface area contributed by atoms with Gasteiger partial charge in [0.15, 0.2) is 0 Å². The third-order valence-electron chi connectivity index (χ3n) is 3.72. The predicted octanol–water partition coefficient (Wildman–Crippen LogP) is 3.05. The van der Waals surface area contributed by atoms with Crippen molar-refractivity contribution in [3.05, 3.63) is 24.3 Å². The first kappa shape index (κ1) is 13.2. The minimum absolute atomic E-state index is 0.0543. The second kappa shape index (κ2) is 6.64. The number of hydrogen-bond acceptors (Lipinski definition) is 3. The van der Waals surface area contributed by atoms with Crippen LogP contribution in [0.15, 0.2) is 24.3 Å². The van der Waals surface area contributed by atoms with Gasteiger partial charge in [0.25, 0.3) is 0 Å². The molecule has 1 unspecified atom stereocenters. The fraction of sp³-hybridized carbons (Fsp3) is 0.600. The molecule has 100 valence electrons. The zero-order chi connectivity index (χ0) is 12.8. The molecule has 2 rings (SSSR count). The third-order valence-corrected chi connectivity index (χ3v) is 3.72. The van der Waals surface area contributed by atoms with Crippen molar-refractivity contribution in [1.29, 1.82) is 0 Å². The molecule has 0 amide bonds. The van der Waals surface area contributed by atoms with Gasteiger partial charge in [-0.3, -0.25) is 0 Å². The summed E-state index contributed by atoms with van der Waals surface area (Å²) in [5.74, 6) is 1.62. The van der Waals surface area contributed by atoms with Crippen LogP contribution in [0.3, 0.4) is 0 Å². The molecule has 3 nitrogen and oxygen atoms in total. The molecule has 0 spiro atoms. The van der Waals surface area contributed by atoms with Crippen LogP contribution in [0, 0.1) is 5.92 Å². The summed E-state index contributed by atoms with van der Waals surface area (Å²) in [4.78, 5) is 0. The summed E-state index contributed by atoms with van der Waals surface area (Å²) >= 11 is 0. The molecular formula is C15H23NO2. The maximum Gasteiger partial charge on any atom is 0.119 e. The minimum atomic E-state index is 0.0543. The predicted molar refractivity (Wildman–Crippen MR) is 74.1 cm³/mol. The van der Waals surface area contributed by atoms with Crippen LogP contribution in [0.4, 0.5) is 5.69 Å². The van der Waals surface area contributed by atoms with Gasteiger partial charge >= 0.3 is 0 Å². The van der Waals surface area contributed by atoms with E-state index in [1.807, 2.05) is 24.3 Å². The van der Waals surface area contributed by atoms with Crippen molar-refractivity contribution in [3.63, 3.8) is 0 Å². The first-order valence-corrected chi connectivity index (χ1v) is 6.90. The van der Waals surface area contributed by atoms with Crippen molar-refractivity contribution in [3.8, 4) is 5.75 Å². The molecule has 0 aliphatic heterocycles. The maximum absolute atomic E-state index is 8.69. The minimum Gasteiger partial charge on any atom is -0.491 e. The van der Waals surface area contributed by atoms with Gasteiger partial charge < -0.3 is 15.2 Å². The number of anilines is 1. The van der Waals surface area contributed by atoms with Gasteiger partial charge in [-0.2, -0.15) is 0 Å². The standard InChI is InChI=1S/C15H23NO2/c1-12(13-4-2-3-5-13)16-14-6-8-15(9-7-14)18-11-10-17/h6-9,12-13,16-17H,2-5,10-11H2,1H3. The number of aliphatic hydroxyl groups excluding tert-OH is 1. The molecule has 18 heavy (non-hydrogen) atoms. The number of ether oxygens (including phenoxy) is 1. The Morgan fingerprint density at radius 2 is 1.94 bits per heavy atom. The van der Waals surface area contributed by atoms with Gasteiger partial charge in [0.2, 0.25) is 0 Å². The van der Waals surface area contributed by atoms with E-state index in [4.69, 9.17) is 9.84 Å². The summed E-state index contributed by atoms with van der Waals surface area (Å²) in [6.45, 7) is 2.68. The monoisotopic (exact) mass is 249 g/mol. The van der Waals surface area contributed by atoms with E-state index in [1.165, 1.54) is 25.7 Å². The van der Waals surface area contributed by atoms with Crippen LogP contribution in [0.1, 0.15) is 32.6 Å². The van der Waals surface area contributed by atoms with Crippen molar-refractivity contribution < 1.29 is 9.84 Å². The van der Waals surface area contributed by atoms with Gasteiger partial charge in [-0.05, 0) is 49.9 Å². The molecule has 0 bridgehead atoms. The second-order valence-corrected chi connectivity index (χ2v) is 5.07. The van der Waals surface area contributed by atoms with Crippen LogP contribution in [0.25, 0.3) is 0 Å². The van der Waals surface area contributed by atoms with Crippen LogP contribution in [-0.2, 0) is 0 Å². The van der Waals surface area contributed by atoms with Crippen molar-refractivity contribution in [2.75, 3.05) is 18.5 Å². The lowest BCUT2D eigenvalue weighted by molar-refractivity contribution is 0.201. The van der Waals surface area contributed by atoms with E-state index in [2.05, 4.69) is 12.2 Å². The topological polar surface area (TPSA) is 41.5 Å². The largest absolute Gasteiger partial charge is 0.491 e. The van der Waals surface area contributed by atoms with E-state index in [0.717, 1.165) is 17.4 Å². The highest BCUT2D eigenvalue weighted by Crippen LogP contribution is 2.29. The molecule has 2 N–H and O–H groups in total. The summed E-state index contributed by atoms with van der Waals surface area (Å²) in [6.07, 6.45) is 5.47. The summed E-state index contributed by atoms with van der Waals surface area (Å²) in [7, 11) is 0. The van der Waals surface area contributed by atoms with Gasteiger partial charge in [-0.25, -0.2) is 0 Å². The molecule has 0 saturated heterocycles. The molecule has 0 radical (unpaired) electrons. The lowest BCUT2D eigenvalue weighted by atomic mass is 9.99. The summed E-state index contributed by atoms with van der Waals surface area (Å²) in [5, 5.41) is 12.2. The Morgan fingerprint density at radius 3 is 2.56 bits per heavy atom. The Balaban J connectivity index is 1.85. The van der Waals surface area contributed by atoms with E-state index in [0.29, 0.717) is 12.6 Å². The fourth-order valence-electron chi connectivity index (χ4n) is 2.65. The average molecular weight is 249 g/mol. The van der Waals surface area contributed by atoms with E-state index in [-0.39, 0.29) is 6.61 Å². The molecule has 1 aliphatic carbocycles.